The number of benzene rings is 1. The number of aryl methyl sites for hydroxylation is 4. The molecule has 0 radical (unpaired) electrons. The summed E-state index contributed by atoms with van der Waals surface area (Å²) >= 11 is 1.52. The van der Waals surface area contributed by atoms with Crippen LogP contribution in [0.3, 0.4) is 0 Å². The molecule has 30 heavy (non-hydrogen) atoms. The molecule has 3 heterocycles. The second-order valence-electron chi connectivity index (χ2n) is 8.86. The molecule has 1 aromatic heterocycles. The van der Waals surface area contributed by atoms with Gasteiger partial charge in [-0.05, 0) is 62.6 Å². The van der Waals surface area contributed by atoms with Gasteiger partial charge < -0.3 is 9.84 Å². The van der Waals surface area contributed by atoms with Crippen LogP contribution < -0.4 is 0 Å². The minimum absolute atomic E-state index is 0.0303. The predicted octanol–water partition coefficient (Wildman–Crippen LogP) is 4.47. The average Bonchev–Trinajstić information content (AvgIpc) is 3.35. The summed E-state index contributed by atoms with van der Waals surface area (Å²) in [5.41, 5.74) is 6.62. The van der Waals surface area contributed by atoms with E-state index in [-0.39, 0.29) is 41.5 Å². The van der Waals surface area contributed by atoms with Crippen LogP contribution in [0.25, 0.3) is 5.57 Å². The Labute approximate surface area is 181 Å². The Hall–Kier alpha value is -2.18. The number of hydrogen-bond donors (Lipinski definition) is 1. The maximum absolute atomic E-state index is 13.5. The molecule has 0 spiro atoms. The van der Waals surface area contributed by atoms with Crippen LogP contribution in [0.2, 0.25) is 0 Å². The van der Waals surface area contributed by atoms with Gasteiger partial charge in [0.2, 0.25) is 0 Å². The molecule has 2 aromatic rings. The van der Waals surface area contributed by atoms with Gasteiger partial charge in [-0.25, -0.2) is 9.97 Å². The van der Waals surface area contributed by atoms with Gasteiger partial charge in [-0.3, -0.25) is 4.79 Å². The number of allylic oxidation sites excluding steroid dienone is 1. The highest BCUT2D eigenvalue weighted by molar-refractivity contribution is 7.98. The van der Waals surface area contributed by atoms with E-state index in [1.165, 1.54) is 11.8 Å². The van der Waals surface area contributed by atoms with Crippen molar-refractivity contribution in [1.82, 2.24) is 9.97 Å². The molecule has 1 N–H and O–H groups in total. The molecule has 5 rings (SSSR count). The standard InChI is InChI=1S/C24H26N2O3S/c1-10-6-11(2)16(12(3)7-10)18-21(27)17-15-8-14(23(29-15)19(17)22(18)28)20-13(4)9-25-24(26-20)30-5/h6-7,9,14-15,17,19,23,28H,8H2,1-5H3/t14?,15?,17-,19+,23?/m0/s1. The van der Waals surface area contributed by atoms with E-state index in [0.717, 1.165) is 45.1 Å². The van der Waals surface area contributed by atoms with E-state index in [0.29, 0.717) is 5.57 Å². The Morgan fingerprint density at radius 1 is 1.10 bits per heavy atom. The quantitative estimate of drug-likeness (QED) is 0.581. The molecule has 3 unspecified atom stereocenters. The van der Waals surface area contributed by atoms with Crippen LogP contribution in [-0.2, 0) is 9.53 Å². The zero-order chi connectivity index (χ0) is 21.3. The van der Waals surface area contributed by atoms with Crippen molar-refractivity contribution in [1.29, 1.82) is 0 Å². The van der Waals surface area contributed by atoms with Crippen molar-refractivity contribution in [2.45, 2.75) is 57.4 Å². The molecule has 5 atom stereocenters. The number of ketones is 1. The van der Waals surface area contributed by atoms with Crippen LogP contribution in [0.4, 0.5) is 0 Å². The number of aromatic nitrogens is 2. The van der Waals surface area contributed by atoms with Crippen LogP contribution in [-0.4, -0.2) is 39.3 Å². The van der Waals surface area contributed by atoms with Gasteiger partial charge >= 0.3 is 0 Å². The van der Waals surface area contributed by atoms with Gasteiger partial charge in [-0.1, -0.05) is 29.5 Å². The molecule has 2 fully saturated rings. The van der Waals surface area contributed by atoms with E-state index in [4.69, 9.17) is 9.72 Å². The Morgan fingerprint density at radius 2 is 1.80 bits per heavy atom. The Morgan fingerprint density at radius 3 is 2.47 bits per heavy atom. The molecule has 156 valence electrons. The summed E-state index contributed by atoms with van der Waals surface area (Å²) in [4.78, 5) is 22.6. The van der Waals surface area contributed by atoms with Crippen molar-refractivity contribution in [3.8, 4) is 0 Å². The van der Waals surface area contributed by atoms with Crippen molar-refractivity contribution in [2.75, 3.05) is 6.26 Å². The molecular weight excluding hydrogens is 396 g/mol. The van der Waals surface area contributed by atoms with E-state index >= 15 is 0 Å². The van der Waals surface area contributed by atoms with Crippen molar-refractivity contribution in [3.63, 3.8) is 0 Å². The Kier molecular flexibility index (Phi) is 4.56. The molecule has 2 bridgehead atoms. The van der Waals surface area contributed by atoms with Gasteiger partial charge in [0.1, 0.15) is 5.76 Å². The lowest BCUT2D eigenvalue weighted by Crippen LogP contribution is -2.34. The smallest absolute Gasteiger partial charge is 0.187 e. The highest BCUT2D eigenvalue weighted by atomic mass is 32.2. The summed E-state index contributed by atoms with van der Waals surface area (Å²) in [7, 11) is 0. The Balaban J connectivity index is 1.58. The average molecular weight is 423 g/mol. The third kappa shape index (κ3) is 2.70. The Bertz CT molecular complexity index is 1090. The second kappa shape index (κ2) is 6.92. The van der Waals surface area contributed by atoms with E-state index in [1.54, 1.807) is 0 Å². The topological polar surface area (TPSA) is 72.3 Å². The summed E-state index contributed by atoms with van der Waals surface area (Å²) in [5.74, 6) is -0.275. The van der Waals surface area contributed by atoms with E-state index < -0.39 is 0 Å². The fourth-order valence-electron chi connectivity index (χ4n) is 5.86. The second-order valence-corrected chi connectivity index (χ2v) is 9.63. The van der Waals surface area contributed by atoms with Gasteiger partial charge in [-0.2, -0.15) is 0 Å². The number of thioether (sulfide) groups is 1. The zero-order valence-electron chi connectivity index (χ0n) is 17.9. The van der Waals surface area contributed by atoms with Gasteiger partial charge in [0.05, 0.1) is 35.3 Å². The summed E-state index contributed by atoms with van der Waals surface area (Å²) in [6.45, 7) is 8.09. The first kappa shape index (κ1) is 19.8. The molecule has 5 nitrogen and oxygen atoms in total. The fourth-order valence-corrected chi connectivity index (χ4v) is 6.21. The highest BCUT2D eigenvalue weighted by Gasteiger charge is 2.63. The number of rotatable bonds is 3. The van der Waals surface area contributed by atoms with Crippen molar-refractivity contribution in [3.05, 3.63) is 57.6 Å². The number of hydrogen-bond acceptors (Lipinski definition) is 6. The first-order valence-corrected chi connectivity index (χ1v) is 11.6. The molecule has 1 aromatic carbocycles. The minimum atomic E-state index is -0.288. The summed E-state index contributed by atoms with van der Waals surface area (Å²) < 4.78 is 6.26. The largest absolute Gasteiger partial charge is 0.511 e. The van der Waals surface area contributed by atoms with Crippen molar-refractivity contribution in [2.24, 2.45) is 11.8 Å². The first-order chi connectivity index (χ1) is 14.3. The highest BCUT2D eigenvalue weighted by Crippen LogP contribution is 2.58. The summed E-state index contributed by atoms with van der Waals surface area (Å²) in [5, 5.41) is 12.0. The first-order valence-electron chi connectivity index (χ1n) is 10.4. The van der Waals surface area contributed by atoms with Gasteiger partial charge in [0, 0.05) is 12.1 Å². The number of Topliss-reactive ketones (excluding diaryl/α,β-unsaturated/α-hetero) is 1. The van der Waals surface area contributed by atoms with Crippen LogP contribution in [0.1, 0.15) is 45.8 Å². The molecule has 6 heteroatoms. The minimum Gasteiger partial charge on any atom is -0.511 e. The fraction of sp³-hybridized carbons (Fsp3) is 0.458. The van der Waals surface area contributed by atoms with Gasteiger partial charge in [0.15, 0.2) is 10.9 Å². The summed E-state index contributed by atoms with van der Waals surface area (Å²) in [6.07, 6.45) is 4.18. The molecule has 0 amide bonds. The van der Waals surface area contributed by atoms with Crippen LogP contribution in [0, 0.1) is 39.5 Å². The lowest BCUT2D eigenvalue weighted by Gasteiger charge is -2.28. The van der Waals surface area contributed by atoms with Gasteiger partial charge in [0.25, 0.3) is 0 Å². The number of carbonyl (C=O) groups is 1. The molecule has 2 aliphatic heterocycles. The molecular formula is C24H26N2O3S. The SMILES string of the molecule is CSc1ncc(C)c(C2CC3OC2[C@H]2C(O)=C(c4c(C)cc(C)cc4C)C(=O)[C@@H]32)n1. The number of aliphatic hydroxyl groups is 1. The van der Waals surface area contributed by atoms with Crippen LogP contribution in [0.5, 0.6) is 0 Å². The van der Waals surface area contributed by atoms with E-state index in [2.05, 4.69) is 24.0 Å². The van der Waals surface area contributed by atoms with Crippen LogP contribution in [0.15, 0.2) is 29.2 Å². The molecule has 3 aliphatic rings. The van der Waals surface area contributed by atoms with Crippen molar-refractivity contribution < 1.29 is 14.6 Å². The van der Waals surface area contributed by atoms with E-state index in [9.17, 15) is 9.90 Å². The normalized spacial score (nSPS) is 29.8. The molecule has 0 saturated carbocycles. The van der Waals surface area contributed by atoms with Crippen LogP contribution >= 0.6 is 11.8 Å². The van der Waals surface area contributed by atoms with Gasteiger partial charge in [-0.15, -0.1) is 0 Å². The number of nitrogens with zero attached hydrogens (tertiary/aromatic N) is 2. The maximum Gasteiger partial charge on any atom is 0.187 e. The maximum atomic E-state index is 13.5. The number of fused-ring (bicyclic) bond motifs is 5. The number of aliphatic hydroxyl groups excluding tert-OH is 1. The third-order valence-corrected chi connectivity index (χ3v) is 7.49. The monoisotopic (exact) mass is 422 g/mol. The number of ether oxygens (including phenoxy) is 1. The summed E-state index contributed by atoms with van der Waals surface area (Å²) in [6, 6.07) is 4.15. The van der Waals surface area contributed by atoms with Crippen molar-refractivity contribution >= 4 is 23.1 Å². The molecule has 1 aliphatic carbocycles. The predicted molar refractivity (Wildman–Crippen MR) is 117 cm³/mol. The number of carbonyl (C=O) groups excluding carboxylic acids is 1. The lowest BCUT2D eigenvalue weighted by molar-refractivity contribution is -0.118. The lowest BCUT2D eigenvalue weighted by atomic mass is 9.73. The van der Waals surface area contributed by atoms with E-state index in [1.807, 2.05) is 33.2 Å². The third-order valence-electron chi connectivity index (χ3n) is 6.93. The molecule has 2 saturated heterocycles. The zero-order valence-corrected chi connectivity index (χ0v) is 18.7.